The molecule has 1 amide bonds. The molecular weight excluding hydrogens is 613 g/mol. The Balaban J connectivity index is 1.04. The summed E-state index contributed by atoms with van der Waals surface area (Å²) in [6.07, 6.45) is 9.60. The van der Waals surface area contributed by atoms with Crippen LogP contribution < -0.4 is 10.6 Å². The third kappa shape index (κ3) is 6.39. The highest BCUT2D eigenvalue weighted by molar-refractivity contribution is 5.90. The summed E-state index contributed by atoms with van der Waals surface area (Å²) in [6.45, 7) is 4.70. The quantitative estimate of drug-likeness (QED) is 0.190. The Bertz CT molecular complexity index is 1890. The second kappa shape index (κ2) is 13.4. The van der Waals surface area contributed by atoms with Crippen LogP contribution in [0.25, 0.3) is 16.7 Å². The highest BCUT2D eigenvalue weighted by Gasteiger charge is 2.43. The average Bonchev–Trinajstić information content (AvgIpc) is 3.73. The van der Waals surface area contributed by atoms with Gasteiger partial charge >= 0.3 is 0 Å². The first kappa shape index (κ1) is 31.8. The SMILES string of the molecule is COC1(C(=O)N[C@@H](C)c2ccc(-n3cc(F)cn3)nc2)CCC(c2nc(Nc3cc(C)n(C4CCCCO4)n3)c3ccccc3n2)CC1. The molecule has 7 rings (SSSR count). The van der Waals surface area contributed by atoms with Crippen molar-refractivity contribution in [1.82, 2.24) is 39.8 Å². The molecule has 2 aliphatic rings. The smallest absolute Gasteiger partial charge is 0.252 e. The van der Waals surface area contributed by atoms with Crippen molar-refractivity contribution in [1.29, 1.82) is 0 Å². The highest BCUT2D eigenvalue weighted by atomic mass is 19.1. The largest absolute Gasteiger partial charge is 0.368 e. The standard InChI is InChI=1S/C35H40FN9O3/c1-22-18-29(43-45(22)31-10-6-7-17-48-31)41-33-27-8-4-5-9-28(27)40-32(42-33)24-13-15-35(47-3,16-14-24)34(46)39-23(2)25-11-12-30(37-19-25)44-21-26(36)20-38-44/h4-5,8-9,11-12,18-21,23-24,31H,6-7,10,13-17H2,1-3H3,(H,39,46)(H,40,41,42,43)/t23-,24?,31?,35?/m0/s1. The number of anilines is 2. The second-order valence-electron chi connectivity index (χ2n) is 12.7. The van der Waals surface area contributed by atoms with Crippen molar-refractivity contribution < 1.29 is 18.7 Å². The Morgan fingerprint density at radius 3 is 2.65 bits per heavy atom. The van der Waals surface area contributed by atoms with E-state index >= 15 is 0 Å². The Kier molecular flexibility index (Phi) is 8.88. The Morgan fingerprint density at radius 2 is 1.94 bits per heavy atom. The number of carbonyl (C=O) groups is 1. The first-order chi connectivity index (χ1) is 23.3. The number of ether oxygens (including phenoxy) is 2. The molecule has 0 spiro atoms. The number of hydrogen-bond acceptors (Lipinski definition) is 9. The van der Waals surface area contributed by atoms with E-state index in [4.69, 9.17) is 24.5 Å². The van der Waals surface area contributed by atoms with Gasteiger partial charge < -0.3 is 20.1 Å². The lowest BCUT2D eigenvalue weighted by Crippen LogP contribution is -2.50. The summed E-state index contributed by atoms with van der Waals surface area (Å²) in [4.78, 5) is 28.1. The summed E-state index contributed by atoms with van der Waals surface area (Å²) < 4.78 is 28.6. The first-order valence-corrected chi connectivity index (χ1v) is 16.6. The number of hydrogen-bond donors (Lipinski definition) is 2. The maximum Gasteiger partial charge on any atom is 0.252 e. The van der Waals surface area contributed by atoms with E-state index < -0.39 is 11.4 Å². The number of para-hydroxylation sites is 1. The molecule has 2 atom stereocenters. The number of rotatable bonds is 9. The van der Waals surface area contributed by atoms with Gasteiger partial charge in [0.1, 0.15) is 17.2 Å². The zero-order valence-corrected chi connectivity index (χ0v) is 27.4. The summed E-state index contributed by atoms with van der Waals surface area (Å²) in [5, 5.41) is 16.3. The fraction of sp³-hybridized carbons (Fsp3) is 0.429. The van der Waals surface area contributed by atoms with Crippen LogP contribution in [0.15, 0.2) is 61.1 Å². The van der Waals surface area contributed by atoms with Crippen LogP contribution in [0, 0.1) is 12.7 Å². The van der Waals surface area contributed by atoms with Crippen molar-refractivity contribution in [2.45, 2.75) is 82.6 Å². The van der Waals surface area contributed by atoms with Gasteiger partial charge in [-0.3, -0.25) is 4.79 Å². The van der Waals surface area contributed by atoms with Crippen LogP contribution in [0.4, 0.5) is 16.0 Å². The lowest BCUT2D eigenvalue weighted by Gasteiger charge is -2.38. The molecule has 12 nitrogen and oxygen atoms in total. The van der Waals surface area contributed by atoms with Crippen LogP contribution >= 0.6 is 0 Å². The lowest BCUT2D eigenvalue weighted by molar-refractivity contribution is -0.148. The number of pyridine rings is 1. The van der Waals surface area contributed by atoms with Gasteiger partial charge in [0.05, 0.1) is 24.0 Å². The number of halogens is 1. The molecule has 2 fully saturated rings. The van der Waals surface area contributed by atoms with Crippen LogP contribution in [0.3, 0.4) is 0 Å². The fourth-order valence-electron chi connectivity index (χ4n) is 6.74. The maximum absolute atomic E-state index is 13.7. The van der Waals surface area contributed by atoms with Crippen molar-refractivity contribution in [3.05, 3.63) is 84.0 Å². The van der Waals surface area contributed by atoms with E-state index in [0.717, 1.165) is 60.1 Å². The first-order valence-electron chi connectivity index (χ1n) is 16.6. The number of amides is 1. The number of methoxy groups -OCH3 is 1. The Hall–Kier alpha value is -4.75. The second-order valence-corrected chi connectivity index (χ2v) is 12.7. The molecule has 1 unspecified atom stereocenters. The summed E-state index contributed by atoms with van der Waals surface area (Å²) >= 11 is 0. The number of nitrogens with one attached hydrogen (secondary N) is 2. The lowest BCUT2D eigenvalue weighted by atomic mass is 9.77. The highest BCUT2D eigenvalue weighted by Crippen LogP contribution is 2.40. The molecule has 0 radical (unpaired) electrons. The number of fused-ring (bicyclic) bond motifs is 1. The molecular formula is C35H40FN9O3. The van der Waals surface area contributed by atoms with Crippen molar-refractivity contribution in [2.75, 3.05) is 19.0 Å². The minimum atomic E-state index is -0.964. The van der Waals surface area contributed by atoms with E-state index in [1.165, 1.54) is 10.9 Å². The van der Waals surface area contributed by atoms with Gasteiger partial charge in [-0.05, 0) is 82.6 Å². The number of aryl methyl sites for hydroxylation is 1. The molecule has 5 heterocycles. The zero-order chi connectivity index (χ0) is 33.3. The molecule has 1 saturated carbocycles. The van der Waals surface area contributed by atoms with Crippen LogP contribution in [-0.2, 0) is 14.3 Å². The number of aromatic nitrogens is 7. The summed E-state index contributed by atoms with van der Waals surface area (Å²) in [6, 6.07) is 13.3. The number of nitrogens with zero attached hydrogens (tertiary/aromatic N) is 7. The van der Waals surface area contributed by atoms with Crippen molar-refractivity contribution in [2.24, 2.45) is 0 Å². The molecule has 1 aliphatic heterocycles. The van der Waals surface area contributed by atoms with Gasteiger partial charge in [0.2, 0.25) is 0 Å². The number of carbonyl (C=O) groups excluding carboxylic acids is 1. The molecule has 4 aromatic heterocycles. The van der Waals surface area contributed by atoms with Crippen molar-refractivity contribution >= 4 is 28.4 Å². The fourth-order valence-corrected chi connectivity index (χ4v) is 6.74. The van der Waals surface area contributed by atoms with Crippen LogP contribution in [0.1, 0.15) is 87.1 Å². The van der Waals surface area contributed by atoms with Crippen LogP contribution in [0.5, 0.6) is 0 Å². The monoisotopic (exact) mass is 653 g/mol. The van der Waals surface area contributed by atoms with Crippen molar-refractivity contribution in [3.63, 3.8) is 0 Å². The molecule has 250 valence electrons. The van der Waals surface area contributed by atoms with Gasteiger partial charge in [0.25, 0.3) is 5.91 Å². The van der Waals surface area contributed by atoms with E-state index in [1.54, 1.807) is 19.4 Å². The van der Waals surface area contributed by atoms with E-state index in [1.807, 2.05) is 54.9 Å². The molecule has 48 heavy (non-hydrogen) atoms. The van der Waals surface area contributed by atoms with E-state index in [-0.39, 0.29) is 24.1 Å². The zero-order valence-electron chi connectivity index (χ0n) is 27.4. The third-order valence-corrected chi connectivity index (χ3v) is 9.59. The Morgan fingerprint density at radius 1 is 1.10 bits per heavy atom. The molecule has 2 N–H and O–H groups in total. The predicted molar refractivity (Wildman–Crippen MR) is 177 cm³/mol. The molecule has 0 bridgehead atoms. The minimum absolute atomic E-state index is 0.0486. The molecule has 1 aliphatic carbocycles. The summed E-state index contributed by atoms with van der Waals surface area (Å²) in [7, 11) is 1.60. The van der Waals surface area contributed by atoms with Gasteiger partial charge in [-0.15, -0.1) is 0 Å². The third-order valence-electron chi connectivity index (χ3n) is 9.59. The van der Waals surface area contributed by atoms with E-state index in [9.17, 15) is 9.18 Å². The minimum Gasteiger partial charge on any atom is -0.368 e. The molecule has 5 aromatic rings. The Labute approximate surface area is 278 Å². The van der Waals surface area contributed by atoms with Gasteiger partial charge in [-0.1, -0.05) is 18.2 Å². The van der Waals surface area contributed by atoms with Gasteiger partial charge in [0, 0.05) is 43.0 Å². The molecule has 1 aromatic carbocycles. The number of benzene rings is 1. The van der Waals surface area contributed by atoms with E-state index in [0.29, 0.717) is 43.1 Å². The van der Waals surface area contributed by atoms with Crippen LogP contribution in [0.2, 0.25) is 0 Å². The maximum atomic E-state index is 13.7. The predicted octanol–water partition coefficient (Wildman–Crippen LogP) is 6.22. The average molecular weight is 654 g/mol. The summed E-state index contributed by atoms with van der Waals surface area (Å²) in [5.74, 6) is 2.10. The van der Waals surface area contributed by atoms with Gasteiger partial charge in [-0.25, -0.2) is 28.7 Å². The van der Waals surface area contributed by atoms with Gasteiger partial charge in [-0.2, -0.15) is 10.2 Å². The van der Waals surface area contributed by atoms with E-state index in [2.05, 4.69) is 20.7 Å². The topological polar surface area (TPSA) is 134 Å². The molecule has 13 heteroatoms. The molecule has 1 saturated heterocycles. The summed E-state index contributed by atoms with van der Waals surface area (Å²) in [5.41, 5.74) is 1.73. The normalized spacial score (nSPS) is 22.0. The van der Waals surface area contributed by atoms with Crippen molar-refractivity contribution in [3.8, 4) is 5.82 Å². The van der Waals surface area contributed by atoms with Crippen LogP contribution in [-0.4, -0.2) is 59.7 Å². The van der Waals surface area contributed by atoms with Gasteiger partial charge in [0.15, 0.2) is 23.7 Å².